The second-order valence-electron chi connectivity index (χ2n) is 6.12. The Bertz CT molecular complexity index is 871. The number of aryl methyl sites for hydroxylation is 1. The lowest BCUT2D eigenvalue weighted by atomic mass is 9.83. The summed E-state index contributed by atoms with van der Waals surface area (Å²) in [6.07, 6.45) is 5.19. The monoisotopic (exact) mass is 356 g/mol. The highest BCUT2D eigenvalue weighted by Gasteiger charge is 2.20. The Hall–Kier alpha value is -2.40. The lowest BCUT2D eigenvalue weighted by Gasteiger charge is -2.26. The predicted molar refractivity (Wildman–Crippen MR) is 102 cm³/mol. The van der Waals surface area contributed by atoms with E-state index in [4.69, 9.17) is 4.74 Å². The van der Waals surface area contributed by atoms with E-state index in [2.05, 4.69) is 44.5 Å². The first-order valence-electron chi connectivity index (χ1n) is 8.32. The van der Waals surface area contributed by atoms with Crippen LogP contribution < -0.4 is 10.1 Å². The van der Waals surface area contributed by atoms with Crippen molar-refractivity contribution in [1.29, 1.82) is 0 Å². The van der Waals surface area contributed by atoms with Crippen LogP contribution in [0.4, 0.5) is 5.82 Å². The number of hydrogen-bond donors (Lipinski definition) is 1. The van der Waals surface area contributed by atoms with Crippen molar-refractivity contribution in [3.8, 4) is 5.88 Å². The van der Waals surface area contributed by atoms with Gasteiger partial charge in [0.05, 0.1) is 12.5 Å². The first-order valence-corrected chi connectivity index (χ1v) is 8.32. The molecule has 4 rings (SSSR count). The molecule has 2 aromatic heterocycles. The summed E-state index contributed by atoms with van der Waals surface area (Å²) in [5.41, 5.74) is 3.60. The molecule has 1 atom stereocenters. The quantitative estimate of drug-likeness (QED) is 0.766. The Balaban J connectivity index is 0.00000182. The smallest absolute Gasteiger partial charge is 0.215 e. The van der Waals surface area contributed by atoms with Crippen LogP contribution >= 0.6 is 12.4 Å². The third-order valence-corrected chi connectivity index (χ3v) is 4.69. The fourth-order valence-corrected chi connectivity index (χ4v) is 3.47. The molecule has 0 spiro atoms. The van der Waals surface area contributed by atoms with Crippen molar-refractivity contribution in [2.75, 3.05) is 19.0 Å². The van der Waals surface area contributed by atoms with Gasteiger partial charge in [0, 0.05) is 18.5 Å². The van der Waals surface area contributed by atoms with Gasteiger partial charge >= 0.3 is 0 Å². The average Bonchev–Trinajstić information content (AvgIpc) is 2.65. The summed E-state index contributed by atoms with van der Waals surface area (Å²) in [4.78, 5) is 13.0. The van der Waals surface area contributed by atoms with E-state index in [0.29, 0.717) is 17.4 Å². The van der Waals surface area contributed by atoms with E-state index >= 15 is 0 Å². The minimum atomic E-state index is 0. The molecule has 0 bridgehead atoms. The molecule has 1 unspecified atom stereocenters. The molecule has 1 aliphatic carbocycles. The van der Waals surface area contributed by atoms with E-state index in [9.17, 15) is 0 Å². The SMILES string of the molecule is COc1ccc2c(NCC3CCCc4ccccc43)ncnc2n1.Cl. The molecule has 25 heavy (non-hydrogen) atoms. The fourth-order valence-electron chi connectivity index (χ4n) is 3.47. The minimum absolute atomic E-state index is 0. The van der Waals surface area contributed by atoms with Gasteiger partial charge in [-0.1, -0.05) is 24.3 Å². The number of fused-ring (bicyclic) bond motifs is 2. The molecule has 1 N–H and O–H groups in total. The maximum Gasteiger partial charge on any atom is 0.215 e. The highest BCUT2D eigenvalue weighted by Crippen LogP contribution is 2.32. The number of hydrogen-bond acceptors (Lipinski definition) is 5. The number of nitrogens with one attached hydrogen (secondary N) is 1. The van der Waals surface area contributed by atoms with Crippen LogP contribution in [0, 0.1) is 0 Å². The van der Waals surface area contributed by atoms with E-state index in [-0.39, 0.29) is 12.4 Å². The summed E-state index contributed by atoms with van der Waals surface area (Å²) in [5, 5.41) is 4.42. The summed E-state index contributed by atoms with van der Waals surface area (Å²) in [6, 6.07) is 12.6. The largest absolute Gasteiger partial charge is 0.481 e. The van der Waals surface area contributed by atoms with Gasteiger partial charge < -0.3 is 10.1 Å². The van der Waals surface area contributed by atoms with E-state index in [1.807, 2.05) is 12.1 Å². The molecule has 0 amide bonds. The van der Waals surface area contributed by atoms with E-state index in [0.717, 1.165) is 17.7 Å². The summed E-state index contributed by atoms with van der Waals surface area (Å²) >= 11 is 0. The Kier molecular flexibility index (Phi) is 5.34. The minimum Gasteiger partial charge on any atom is -0.481 e. The van der Waals surface area contributed by atoms with Gasteiger partial charge in [-0.2, -0.15) is 4.98 Å². The normalized spacial score (nSPS) is 16.0. The molecule has 0 saturated heterocycles. The standard InChI is InChI=1S/C19H20N4O.ClH/c1-24-17-10-9-16-18(21-12-22-19(16)23-17)20-11-14-7-4-6-13-5-2-3-8-15(13)14;/h2-3,5,8-10,12,14H,4,6-7,11H2,1H3,(H,20,21,22,23);1H. The Morgan fingerprint density at radius 2 is 2.04 bits per heavy atom. The van der Waals surface area contributed by atoms with E-state index in [1.165, 1.54) is 30.4 Å². The van der Waals surface area contributed by atoms with Gasteiger partial charge in [0.1, 0.15) is 12.1 Å². The third kappa shape index (κ3) is 3.51. The first kappa shape index (κ1) is 17.4. The molecule has 0 fully saturated rings. The molecule has 5 nitrogen and oxygen atoms in total. The van der Waals surface area contributed by atoms with Crippen molar-refractivity contribution >= 4 is 29.3 Å². The molecule has 3 aromatic rings. The van der Waals surface area contributed by atoms with Crippen LogP contribution in [-0.2, 0) is 6.42 Å². The highest BCUT2D eigenvalue weighted by molar-refractivity contribution is 5.86. The zero-order valence-corrected chi connectivity index (χ0v) is 14.9. The number of ether oxygens (including phenoxy) is 1. The van der Waals surface area contributed by atoms with Gasteiger partial charge in [-0.05, 0) is 36.5 Å². The summed E-state index contributed by atoms with van der Waals surface area (Å²) in [5.74, 6) is 1.91. The van der Waals surface area contributed by atoms with Crippen LogP contribution in [0.2, 0.25) is 0 Å². The van der Waals surface area contributed by atoms with Gasteiger partial charge in [-0.3, -0.25) is 0 Å². The van der Waals surface area contributed by atoms with Crippen LogP contribution in [0.15, 0.2) is 42.7 Å². The number of anilines is 1. The van der Waals surface area contributed by atoms with Gasteiger partial charge in [-0.15, -0.1) is 12.4 Å². The Labute approximate surface area is 153 Å². The first-order chi connectivity index (χ1) is 11.8. The number of halogens is 1. The van der Waals surface area contributed by atoms with E-state index < -0.39 is 0 Å². The zero-order chi connectivity index (χ0) is 16.4. The fraction of sp³-hybridized carbons (Fsp3) is 0.316. The predicted octanol–water partition coefficient (Wildman–Crippen LogP) is 3.99. The van der Waals surface area contributed by atoms with Crippen molar-refractivity contribution in [2.45, 2.75) is 25.2 Å². The van der Waals surface area contributed by atoms with Crippen LogP contribution in [0.5, 0.6) is 5.88 Å². The Morgan fingerprint density at radius 1 is 1.16 bits per heavy atom. The van der Waals surface area contributed by atoms with Crippen molar-refractivity contribution < 1.29 is 4.74 Å². The van der Waals surface area contributed by atoms with Gasteiger partial charge in [0.15, 0.2) is 5.65 Å². The number of nitrogens with zero attached hydrogens (tertiary/aromatic N) is 3. The van der Waals surface area contributed by atoms with Gasteiger partial charge in [0.2, 0.25) is 5.88 Å². The van der Waals surface area contributed by atoms with Gasteiger partial charge in [-0.25, -0.2) is 9.97 Å². The molecular formula is C19H21ClN4O. The van der Waals surface area contributed by atoms with Crippen LogP contribution in [0.1, 0.15) is 29.9 Å². The maximum absolute atomic E-state index is 5.16. The lowest BCUT2D eigenvalue weighted by molar-refractivity contribution is 0.399. The summed E-state index contributed by atoms with van der Waals surface area (Å²) in [7, 11) is 1.61. The van der Waals surface area contributed by atoms with Crippen molar-refractivity contribution in [3.63, 3.8) is 0 Å². The van der Waals surface area contributed by atoms with Crippen molar-refractivity contribution in [2.24, 2.45) is 0 Å². The molecule has 6 heteroatoms. The summed E-state index contributed by atoms with van der Waals surface area (Å²) in [6.45, 7) is 0.870. The second-order valence-corrected chi connectivity index (χ2v) is 6.12. The highest BCUT2D eigenvalue weighted by atomic mass is 35.5. The molecule has 2 heterocycles. The number of aromatic nitrogens is 3. The van der Waals surface area contributed by atoms with Crippen LogP contribution in [0.25, 0.3) is 11.0 Å². The number of rotatable bonds is 4. The number of pyridine rings is 1. The van der Waals surface area contributed by atoms with E-state index in [1.54, 1.807) is 13.4 Å². The number of benzene rings is 1. The summed E-state index contributed by atoms with van der Waals surface area (Å²) < 4.78 is 5.16. The lowest BCUT2D eigenvalue weighted by Crippen LogP contribution is -2.18. The maximum atomic E-state index is 5.16. The molecule has 0 aliphatic heterocycles. The third-order valence-electron chi connectivity index (χ3n) is 4.69. The second kappa shape index (κ2) is 7.66. The van der Waals surface area contributed by atoms with Crippen molar-refractivity contribution in [1.82, 2.24) is 15.0 Å². The van der Waals surface area contributed by atoms with Crippen LogP contribution in [-0.4, -0.2) is 28.6 Å². The van der Waals surface area contributed by atoms with Gasteiger partial charge in [0.25, 0.3) is 0 Å². The van der Waals surface area contributed by atoms with Crippen molar-refractivity contribution in [3.05, 3.63) is 53.9 Å². The topological polar surface area (TPSA) is 59.9 Å². The molecule has 0 radical (unpaired) electrons. The Morgan fingerprint density at radius 3 is 2.92 bits per heavy atom. The molecule has 0 saturated carbocycles. The molecule has 130 valence electrons. The zero-order valence-electron chi connectivity index (χ0n) is 14.1. The number of methoxy groups -OCH3 is 1. The molecule has 1 aliphatic rings. The van der Waals surface area contributed by atoms with Crippen LogP contribution in [0.3, 0.4) is 0 Å². The molecular weight excluding hydrogens is 336 g/mol. The molecule has 1 aromatic carbocycles. The average molecular weight is 357 g/mol.